The highest BCUT2D eigenvalue weighted by Gasteiger charge is 2.05. The number of rotatable bonds is 2. The fourth-order valence-corrected chi connectivity index (χ4v) is 2.17. The van der Waals surface area contributed by atoms with Crippen molar-refractivity contribution >= 4 is 32.2 Å². The zero-order valence-electron chi connectivity index (χ0n) is 6.32. The van der Waals surface area contributed by atoms with Crippen molar-refractivity contribution in [3.63, 3.8) is 0 Å². The van der Waals surface area contributed by atoms with Gasteiger partial charge in [-0.1, -0.05) is 11.3 Å². The number of nitrogens with zero attached hydrogens (tertiary/aromatic N) is 3. The first-order chi connectivity index (χ1) is 5.79. The summed E-state index contributed by atoms with van der Waals surface area (Å²) in [6.07, 6.45) is 1.86. The van der Waals surface area contributed by atoms with Crippen molar-refractivity contribution in [2.24, 2.45) is 0 Å². The van der Waals surface area contributed by atoms with E-state index in [4.69, 9.17) is 4.74 Å². The van der Waals surface area contributed by atoms with Crippen LogP contribution in [-0.4, -0.2) is 21.7 Å². The van der Waals surface area contributed by atoms with Gasteiger partial charge in [0.05, 0.1) is 18.5 Å². The number of aromatic nitrogens is 3. The van der Waals surface area contributed by atoms with Gasteiger partial charge >= 0.3 is 0 Å². The quantitative estimate of drug-likeness (QED) is 0.812. The SMILES string of the molecule is COCc1cn2nc(Br)sc2n1. The minimum Gasteiger partial charge on any atom is -0.378 e. The average Bonchev–Trinajstić information content (AvgIpc) is 2.44. The molecule has 0 unspecified atom stereocenters. The molecular formula is C6H6BrN3OS. The molecule has 6 heteroatoms. The van der Waals surface area contributed by atoms with E-state index in [9.17, 15) is 0 Å². The Labute approximate surface area is 81.3 Å². The van der Waals surface area contributed by atoms with Crippen LogP contribution in [0.3, 0.4) is 0 Å². The summed E-state index contributed by atoms with van der Waals surface area (Å²) in [4.78, 5) is 5.17. The van der Waals surface area contributed by atoms with E-state index in [1.807, 2.05) is 6.20 Å². The van der Waals surface area contributed by atoms with Crippen LogP contribution >= 0.6 is 27.3 Å². The lowest BCUT2D eigenvalue weighted by molar-refractivity contribution is 0.182. The maximum Gasteiger partial charge on any atom is 0.213 e. The fourth-order valence-electron chi connectivity index (χ4n) is 0.938. The van der Waals surface area contributed by atoms with Gasteiger partial charge in [0.1, 0.15) is 0 Å². The van der Waals surface area contributed by atoms with E-state index in [-0.39, 0.29) is 0 Å². The second-order valence-corrected chi connectivity index (χ2v) is 4.48. The van der Waals surface area contributed by atoms with Crippen molar-refractivity contribution < 1.29 is 4.74 Å². The van der Waals surface area contributed by atoms with E-state index >= 15 is 0 Å². The molecule has 0 aromatic carbocycles. The molecule has 0 amide bonds. The largest absolute Gasteiger partial charge is 0.378 e. The van der Waals surface area contributed by atoms with Crippen molar-refractivity contribution in [3.8, 4) is 0 Å². The number of hydrogen-bond acceptors (Lipinski definition) is 4. The lowest BCUT2D eigenvalue weighted by Gasteiger charge is -1.88. The zero-order valence-corrected chi connectivity index (χ0v) is 8.72. The second kappa shape index (κ2) is 3.12. The third-order valence-electron chi connectivity index (χ3n) is 1.36. The molecule has 0 saturated carbocycles. The molecule has 0 spiro atoms. The van der Waals surface area contributed by atoms with Gasteiger partial charge in [0.2, 0.25) is 4.96 Å². The smallest absolute Gasteiger partial charge is 0.213 e. The van der Waals surface area contributed by atoms with Crippen LogP contribution in [0.1, 0.15) is 5.69 Å². The molecule has 0 atom stereocenters. The van der Waals surface area contributed by atoms with E-state index in [1.165, 1.54) is 11.3 Å². The molecule has 0 aliphatic heterocycles. The van der Waals surface area contributed by atoms with Gasteiger partial charge in [0.25, 0.3) is 0 Å². The van der Waals surface area contributed by atoms with Crippen molar-refractivity contribution in [2.45, 2.75) is 6.61 Å². The van der Waals surface area contributed by atoms with Gasteiger partial charge in [-0.2, -0.15) is 0 Å². The van der Waals surface area contributed by atoms with Gasteiger partial charge in [0, 0.05) is 7.11 Å². The highest BCUT2D eigenvalue weighted by molar-refractivity contribution is 9.11. The van der Waals surface area contributed by atoms with E-state index in [0.717, 1.165) is 14.6 Å². The van der Waals surface area contributed by atoms with Gasteiger partial charge in [-0.3, -0.25) is 0 Å². The Morgan fingerprint density at radius 3 is 3.25 bits per heavy atom. The van der Waals surface area contributed by atoms with Gasteiger partial charge < -0.3 is 4.74 Å². The van der Waals surface area contributed by atoms with Gasteiger partial charge in [0.15, 0.2) is 3.92 Å². The summed E-state index contributed by atoms with van der Waals surface area (Å²) in [5.41, 5.74) is 0.906. The Hall–Kier alpha value is -0.460. The number of ether oxygens (including phenoxy) is 1. The molecule has 2 aromatic rings. The van der Waals surface area contributed by atoms with Crippen LogP contribution in [0.2, 0.25) is 0 Å². The van der Waals surface area contributed by atoms with Crippen LogP contribution in [0.5, 0.6) is 0 Å². The molecule has 0 fully saturated rings. The maximum atomic E-state index is 4.95. The lowest BCUT2D eigenvalue weighted by Crippen LogP contribution is -1.86. The standard InChI is InChI=1S/C6H6BrN3OS/c1-11-3-4-2-10-6(8-4)12-5(7)9-10/h2H,3H2,1H3. The first-order valence-electron chi connectivity index (χ1n) is 3.29. The van der Waals surface area contributed by atoms with Gasteiger partial charge in [-0.25, -0.2) is 9.50 Å². The molecule has 4 nitrogen and oxygen atoms in total. The summed E-state index contributed by atoms with van der Waals surface area (Å²) >= 11 is 4.78. The number of methoxy groups -OCH3 is 1. The predicted octanol–water partition coefficient (Wildman–Crippen LogP) is 1.70. The molecule has 0 bridgehead atoms. The minimum absolute atomic E-state index is 0.535. The predicted molar refractivity (Wildman–Crippen MR) is 49.3 cm³/mol. The molecule has 0 radical (unpaired) electrons. The van der Waals surface area contributed by atoms with Crippen molar-refractivity contribution in [1.29, 1.82) is 0 Å². The third kappa shape index (κ3) is 1.37. The first kappa shape index (κ1) is 8.15. The van der Waals surface area contributed by atoms with Crippen LogP contribution in [-0.2, 0) is 11.3 Å². The minimum atomic E-state index is 0.535. The molecule has 2 heterocycles. The second-order valence-electron chi connectivity index (χ2n) is 2.25. The molecule has 64 valence electrons. The van der Waals surface area contributed by atoms with Crippen LogP contribution in [0.25, 0.3) is 4.96 Å². The molecule has 12 heavy (non-hydrogen) atoms. The molecule has 0 N–H and O–H groups in total. The van der Waals surface area contributed by atoms with Crippen LogP contribution in [0.15, 0.2) is 10.1 Å². The van der Waals surface area contributed by atoms with E-state index in [1.54, 1.807) is 11.6 Å². The highest BCUT2D eigenvalue weighted by atomic mass is 79.9. The Morgan fingerprint density at radius 1 is 1.75 bits per heavy atom. The number of hydrogen-bond donors (Lipinski definition) is 0. The van der Waals surface area contributed by atoms with Crippen molar-refractivity contribution in [1.82, 2.24) is 14.6 Å². The molecule has 2 aromatic heterocycles. The topological polar surface area (TPSA) is 39.4 Å². The van der Waals surface area contributed by atoms with Crippen LogP contribution < -0.4 is 0 Å². The average molecular weight is 248 g/mol. The Balaban J connectivity index is 2.43. The number of imidazole rings is 1. The summed E-state index contributed by atoms with van der Waals surface area (Å²) in [6, 6.07) is 0. The summed E-state index contributed by atoms with van der Waals surface area (Å²) in [5, 5.41) is 4.15. The van der Waals surface area contributed by atoms with E-state index in [2.05, 4.69) is 26.0 Å². The molecule has 0 aliphatic rings. The highest BCUT2D eigenvalue weighted by Crippen LogP contribution is 2.19. The van der Waals surface area contributed by atoms with Crippen molar-refractivity contribution in [3.05, 3.63) is 15.8 Å². The first-order valence-corrected chi connectivity index (χ1v) is 4.90. The van der Waals surface area contributed by atoms with Crippen LogP contribution in [0, 0.1) is 0 Å². The summed E-state index contributed by atoms with van der Waals surface area (Å²) in [7, 11) is 1.65. The normalized spacial score (nSPS) is 11.2. The Kier molecular flexibility index (Phi) is 2.12. The maximum absolute atomic E-state index is 4.95. The van der Waals surface area contributed by atoms with Gasteiger partial charge in [-0.15, -0.1) is 5.10 Å². The zero-order chi connectivity index (χ0) is 8.55. The molecule has 0 saturated heterocycles. The number of halogens is 1. The fraction of sp³-hybridized carbons (Fsp3) is 0.333. The summed E-state index contributed by atoms with van der Waals surface area (Å²) in [6.45, 7) is 0.535. The molecular weight excluding hydrogens is 242 g/mol. The monoisotopic (exact) mass is 247 g/mol. The molecule has 0 aliphatic carbocycles. The van der Waals surface area contributed by atoms with Crippen LogP contribution in [0.4, 0.5) is 0 Å². The third-order valence-corrected chi connectivity index (χ3v) is 2.72. The summed E-state index contributed by atoms with van der Waals surface area (Å²) in [5.74, 6) is 0. The number of fused-ring (bicyclic) bond motifs is 1. The Bertz CT molecular complexity index is 365. The molecule has 2 rings (SSSR count). The van der Waals surface area contributed by atoms with Gasteiger partial charge in [-0.05, 0) is 15.9 Å². The Morgan fingerprint density at radius 2 is 2.58 bits per heavy atom. The van der Waals surface area contributed by atoms with E-state index in [0.29, 0.717) is 6.61 Å². The summed E-state index contributed by atoms with van der Waals surface area (Å²) < 4.78 is 7.53. The van der Waals surface area contributed by atoms with Crippen molar-refractivity contribution in [2.75, 3.05) is 7.11 Å². The van der Waals surface area contributed by atoms with E-state index < -0.39 is 0 Å². The lowest BCUT2D eigenvalue weighted by atomic mass is 10.5.